The molecule has 0 radical (unpaired) electrons. The molecule has 1 saturated heterocycles. The van der Waals surface area contributed by atoms with Gasteiger partial charge in [0.2, 0.25) is 10.0 Å². The summed E-state index contributed by atoms with van der Waals surface area (Å²) in [5, 5.41) is 1.89. The van der Waals surface area contributed by atoms with Gasteiger partial charge in [-0.3, -0.25) is 9.59 Å². The molecule has 0 aliphatic carbocycles. The fourth-order valence-corrected chi connectivity index (χ4v) is 5.15. The fraction of sp³-hybridized carbons (Fsp3) is 0.217. The summed E-state index contributed by atoms with van der Waals surface area (Å²) >= 11 is 0. The number of piperazine rings is 1. The molecular formula is C23H22N2O4S. The highest BCUT2D eigenvalue weighted by atomic mass is 32.2. The lowest BCUT2D eigenvalue weighted by Gasteiger charge is -2.34. The summed E-state index contributed by atoms with van der Waals surface area (Å²) in [7, 11) is -3.67. The van der Waals surface area contributed by atoms with Gasteiger partial charge in [0.25, 0.3) is 5.91 Å². The number of fused-ring (bicyclic) bond motifs is 1. The normalized spacial score (nSPS) is 15.3. The molecule has 1 aliphatic rings. The van der Waals surface area contributed by atoms with Crippen molar-refractivity contribution in [3.63, 3.8) is 0 Å². The first-order chi connectivity index (χ1) is 14.4. The number of rotatable bonds is 4. The van der Waals surface area contributed by atoms with Gasteiger partial charge < -0.3 is 4.90 Å². The molecule has 7 heteroatoms. The van der Waals surface area contributed by atoms with Crippen molar-refractivity contribution in [1.29, 1.82) is 0 Å². The highest BCUT2D eigenvalue weighted by Gasteiger charge is 2.30. The number of sulfonamides is 1. The molecule has 0 N–H and O–H groups in total. The number of carbonyl (C=O) groups excluding carboxylic acids is 2. The van der Waals surface area contributed by atoms with Crippen molar-refractivity contribution in [2.24, 2.45) is 0 Å². The summed E-state index contributed by atoms with van der Waals surface area (Å²) in [5.41, 5.74) is 1.10. The zero-order valence-electron chi connectivity index (χ0n) is 16.6. The van der Waals surface area contributed by atoms with Crippen LogP contribution in [0, 0.1) is 0 Å². The van der Waals surface area contributed by atoms with Crippen LogP contribution in [0.2, 0.25) is 0 Å². The topological polar surface area (TPSA) is 74.8 Å². The first kappa shape index (κ1) is 20.3. The molecule has 6 nitrogen and oxygen atoms in total. The van der Waals surface area contributed by atoms with E-state index in [1.807, 2.05) is 42.5 Å². The summed E-state index contributed by atoms with van der Waals surface area (Å²) < 4.78 is 27.2. The number of carbonyl (C=O) groups is 2. The third-order valence-electron chi connectivity index (χ3n) is 5.44. The van der Waals surface area contributed by atoms with E-state index in [9.17, 15) is 18.0 Å². The first-order valence-electron chi connectivity index (χ1n) is 9.76. The van der Waals surface area contributed by atoms with Gasteiger partial charge in [0.05, 0.1) is 4.90 Å². The summed E-state index contributed by atoms with van der Waals surface area (Å²) in [6.45, 7) is 2.55. The van der Waals surface area contributed by atoms with E-state index in [2.05, 4.69) is 0 Å². The molecule has 1 aliphatic heterocycles. The van der Waals surface area contributed by atoms with Crippen molar-refractivity contribution in [2.75, 3.05) is 26.2 Å². The van der Waals surface area contributed by atoms with Crippen LogP contribution in [0.3, 0.4) is 0 Å². The average Bonchev–Trinajstić information content (AvgIpc) is 2.78. The Morgan fingerprint density at radius 2 is 1.43 bits per heavy atom. The van der Waals surface area contributed by atoms with Gasteiger partial charge in [-0.25, -0.2) is 8.42 Å². The lowest BCUT2D eigenvalue weighted by molar-refractivity contribution is 0.0700. The third kappa shape index (κ3) is 3.74. The summed E-state index contributed by atoms with van der Waals surface area (Å²) in [5.74, 6) is -0.200. The second-order valence-corrected chi connectivity index (χ2v) is 9.24. The van der Waals surface area contributed by atoms with Crippen molar-refractivity contribution in [2.45, 2.75) is 11.8 Å². The van der Waals surface area contributed by atoms with Crippen molar-refractivity contribution >= 4 is 32.5 Å². The first-order valence-corrected chi connectivity index (χ1v) is 11.2. The summed E-state index contributed by atoms with van der Waals surface area (Å²) in [6, 6.07) is 19.3. The molecule has 0 unspecified atom stereocenters. The van der Waals surface area contributed by atoms with E-state index in [4.69, 9.17) is 0 Å². The Morgan fingerprint density at radius 1 is 0.800 bits per heavy atom. The monoisotopic (exact) mass is 422 g/mol. The molecule has 0 atom stereocenters. The zero-order valence-corrected chi connectivity index (χ0v) is 17.4. The van der Waals surface area contributed by atoms with E-state index in [-0.39, 0.29) is 29.7 Å². The molecule has 0 bridgehead atoms. The van der Waals surface area contributed by atoms with Crippen LogP contribution >= 0.6 is 0 Å². The fourth-order valence-electron chi connectivity index (χ4n) is 3.72. The molecule has 4 rings (SSSR count). The van der Waals surface area contributed by atoms with Gasteiger partial charge in [-0.1, -0.05) is 48.5 Å². The molecule has 3 aromatic rings. The van der Waals surface area contributed by atoms with E-state index < -0.39 is 10.0 Å². The zero-order chi connectivity index (χ0) is 21.3. The smallest absolute Gasteiger partial charge is 0.254 e. The van der Waals surface area contributed by atoms with Crippen molar-refractivity contribution in [1.82, 2.24) is 9.21 Å². The molecular weight excluding hydrogens is 400 g/mol. The second kappa shape index (κ2) is 8.01. The lowest BCUT2D eigenvalue weighted by atomic mass is 10.0. The Labute approximate surface area is 175 Å². The Balaban J connectivity index is 1.49. The third-order valence-corrected chi connectivity index (χ3v) is 7.36. The van der Waals surface area contributed by atoms with E-state index in [0.717, 1.165) is 10.8 Å². The molecule has 0 aromatic heterocycles. The summed E-state index contributed by atoms with van der Waals surface area (Å²) in [6.07, 6.45) is 0. The van der Waals surface area contributed by atoms with Gasteiger partial charge in [-0.05, 0) is 35.9 Å². The van der Waals surface area contributed by atoms with E-state index >= 15 is 0 Å². The van der Waals surface area contributed by atoms with Gasteiger partial charge in [-0.15, -0.1) is 0 Å². The summed E-state index contributed by atoms with van der Waals surface area (Å²) in [4.78, 5) is 26.3. The predicted molar refractivity (Wildman–Crippen MR) is 115 cm³/mol. The van der Waals surface area contributed by atoms with Crippen LogP contribution < -0.4 is 0 Å². The van der Waals surface area contributed by atoms with Crippen molar-refractivity contribution in [3.8, 4) is 0 Å². The number of amides is 1. The van der Waals surface area contributed by atoms with Crippen LogP contribution in [0.4, 0.5) is 0 Å². The van der Waals surface area contributed by atoms with E-state index in [0.29, 0.717) is 24.2 Å². The van der Waals surface area contributed by atoms with Gasteiger partial charge in [0.15, 0.2) is 5.78 Å². The minimum absolute atomic E-state index is 0.0883. The lowest BCUT2D eigenvalue weighted by Crippen LogP contribution is -2.50. The van der Waals surface area contributed by atoms with Gasteiger partial charge >= 0.3 is 0 Å². The maximum absolute atomic E-state index is 13.1. The molecule has 1 amide bonds. The molecule has 1 heterocycles. The molecule has 154 valence electrons. The van der Waals surface area contributed by atoms with Crippen LogP contribution in [-0.2, 0) is 10.0 Å². The van der Waals surface area contributed by atoms with E-state index in [1.54, 1.807) is 4.90 Å². The van der Waals surface area contributed by atoms with Crippen LogP contribution in [-0.4, -0.2) is 55.5 Å². The molecule has 0 spiro atoms. The second-order valence-electron chi connectivity index (χ2n) is 7.30. The molecule has 3 aromatic carbocycles. The molecule has 30 heavy (non-hydrogen) atoms. The Bertz CT molecular complexity index is 1210. The minimum Gasteiger partial charge on any atom is -0.336 e. The van der Waals surface area contributed by atoms with Crippen LogP contribution in [0.5, 0.6) is 0 Å². The van der Waals surface area contributed by atoms with Crippen LogP contribution in [0.1, 0.15) is 27.6 Å². The number of hydrogen-bond donors (Lipinski definition) is 0. The highest BCUT2D eigenvalue weighted by Crippen LogP contribution is 2.22. The number of Topliss-reactive ketones (excluding diaryl/α,β-unsaturated/α-hetero) is 1. The van der Waals surface area contributed by atoms with Gasteiger partial charge in [0.1, 0.15) is 0 Å². The number of hydrogen-bond acceptors (Lipinski definition) is 4. The van der Waals surface area contributed by atoms with E-state index in [1.165, 1.54) is 35.5 Å². The maximum atomic E-state index is 13.1. The average molecular weight is 423 g/mol. The molecule has 1 fully saturated rings. The number of ketones is 1. The Kier molecular flexibility index (Phi) is 5.40. The largest absolute Gasteiger partial charge is 0.336 e. The standard InChI is InChI=1S/C23H22N2O4S/c1-17(26)18-9-11-20(12-10-18)30(28,29)25-15-13-24(14-16-25)23(27)22-8-4-6-19-5-2-3-7-21(19)22/h2-12H,13-16H2,1H3. The number of benzene rings is 3. The van der Waals surface area contributed by atoms with Crippen LogP contribution in [0.15, 0.2) is 71.6 Å². The Hall–Kier alpha value is -3.03. The van der Waals surface area contributed by atoms with Gasteiger partial charge in [-0.2, -0.15) is 4.31 Å². The van der Waals surface area contributed by atoms with Crippen molar-refractivity contribution in [3.05, 3.63) is 77.9 Å². The number of nitrogens with zero attached hydrogens (tertiary/aromatic N) is 2. The highest BCUT2D eigenvalue weighted by molar-refractivity contribution is 7.89. The predicted octanol–water partition coefficient (Wildman–Crippen LogP) is 3.19. The van der Waals surface area contributed by atoms with Gasteiger partial charge in [0, 0.05) is 37.3 Å². The quantitative estimate of drug-likeness (QED) is 0.605. The minimum atomic E-state index is -3.67. The van der Waals surface area contributed by atoms with Crippen molar-refractivity contribution < 1.29 is 18.0 Å². The molecule has 0 saturated carbocycles. The maximum Gasteiger partial charge on any atom is 0.254 e. The Morgan fingerprint density at radius 3 is 2.10 bits per heavy atom. The van der Waals surface area contributed by atoms with Crippen LogP contribution in [0.25, 0.3) is 10.8 Å². The SMILES string of the molecule is CC(=O)c1ccc(S(=O)(=O)N2CCN(C(=O)c3cccc4ccccc34)CC2)cc1.